The van der Waals surface area contributed by atoms with E-state index in [1.54, 1.807) is 6.20 Å². The Balaban J connectivity index is 2.60. The third-order valence-electron chi connectivity index (χ3n) is 2.06. The molecule has 0 amide bonds. The minimum atomic E-state index is 0.431. The molecule has 0 aliphatic rings. The van der Waals surface area contributed by atoms with E-state index < -0.39 is 0 Å². The van der Waals surface area contributed by atoms with E-state index in [0.29, 0.717) is 17.5 Å². The van der Waals surface area contributed by atoms with Crippen molar-refractivity contribution in [3.63, 3.8) is 0 Å². The molecule has 0 fully saturated rings. The molecule has 0 saturated heterocycles. The molecule has 2 aromatic heterocycles. The fraction of sp³-hybridized carbons (Fsp3) is 0.222. The van der Waals surface area contributed by atoms with Crippen LogP contribution < -0.4 is 5.73 Å². The van der Waals surface area contributed by atoms with Crippen LogP contribution in [0.4, 0.5) is 5.82 Å². The lowest BCUT2D eigenvalue weighted by molar-refractivity contribution is 0.902. The largest absolute Gasteiger partial charge is 0.383 e. The van der Waals surface area contributed by atoms with Crippen molar-refractivity contribution < 1.29 is 0 Å². The number of imidazole rings is 1. The average molecular weight is 268 g/mol. The van der Waals surface area contributed by atoms with Gasteiger partial charge in [-0.05, 0) is 22.9 Å². The maximum absolute atomic E-state index is 5.74. The zero-order valence-corrected chi connectivity index (χ0v) is 9.98. The number of nitrogens with zero attached hydrogens (tertiary/aromatic N) is 4. The first kappa shape index (κ1) is 10.1. The van der Waals surface area contributed by atoms with Gasteiger partial charge in [-0.25, -0.2) is 15.0 Å². The summed E-state index contributed by atoms with van der Waals surface area (Å²) in [7, 11) is 1.89. The van der Waals surface area contributed by atoms with Crippen LogP contribution in [0.5, 0.6) is 0 Å². The first-order valence-electron chi connectivity index (χ1n) is 4.37. The summed E-state index contributed by atoms with van der Waals surface area (Å²) in [6, 6.07) is 0. The SMILES string of the molecule is Cc1nc(-c2nccn2C)nc(N)c1Br. The van der Waals surface area contributed by atoms with Gasteiger partial charge in [0.05, 0.1) is 10.2 Å². The van der Waals surface area contributed by atoms with E-state index in [1.165, 1.54) is 0 Å². The van der Waals surface area contributed by atoms with Crippen molar-refractivity contribution in [2.24, 2.45) is 7.05 Å². The molecule has 0 aliphatic heterocycles. The van der Waals surface area contributed by atoms with Gasteiger partial charge in [0.2, 0.25) is 0 Å². The van der Waals surface area contributed by atoms with Crippen LogP contribution >= 0.6 is 15.9 Å². The Hall–Kier alpha value is -1.43. The molecule has 6 heteroatoms. The summed E-state index contributed by atoms with van der Waals surface area (Å²) < 4.78 is 2.59. The molecule has 0 aliphatic carbocycles. The Morgan fingerprint density at radius 3 is 2.67 bits per heavy atom. The van der Waals surface area contributed by atoms with E-state index in [4.69, 9.17) is 5.73 Å². The Kier molecular flexibility index (Phi) is 2.44. The van der Waals surface area contributed by atoms with Crippen LogP contribution in [0.3, 0.4) is 0 Å². The molecule has 0 aromatic carbocycles. The summed E-state index contributed by atoms with van der Waals surface area (Å²) in [5.41, 5.74) is 6.55. The summed E-state index contributed by atoms with van der Waals surface area (Å²) in [6.45, 7) is 1.87. The van der Waals surface area contributed by atoms with Crippen LogP contribution in [0.25, 0.3) is 11.6 Å². The molecule has 0 saturated carbocycles. The molecule has 2 heterocycles. The lowest BCUT2D eigenvalue weighted by Crippen LogP contribution is -2.03. The van der Waals surface area contributed by atoms with E-state index in [-0.39, 0.29) is 0 Å². The highest BCUT2D eigenvalue weighted by Gasteiger charge is 2.11. The molecule has 2 N–H and O–H groups in total. The number of hydrogen-bond acceptors (Lipinski definition) is 4. The molecule has 0 spiro atoms. The summed E-state index contributed by atoms with van der Waals surface area (Å²) in [5, 5.41) is 0. The smallest absolute Gasteiger partial charge is 0.198 e. The van der Waals surface area contributed by atoms with Crippen LogP contribution in [0.1, 0.15) is 5.69 Å². The molecule has 0 unspecified atom stereocenters. The van der Waals surface area contributed by atoms with Gasteiger partial charge in [0.1, 0.15) is 5.82 Å². The molecular weight excluding hydrogens is 258 g/mol. The van der Waals surface area contributed by atoms with E-state index >= 15 is 0 Å². The van der Waals surface area contributed by atoms with Gasteiger partial charge in [-0.1, -0.05) is 0 Å². The number of halogens is 1. The quantitative estimate of drug-likeness (QED) is 0.851. The number of nitrogens with two attached hydrogens (primary N) is 1. The molecule has 15 heavy (non-hydrogen) atoms. The van der Waals surface area contributed by atoms with E-state index in [1.807, 2.05) is 24.7 Å². The minimum absolute atomic E-state index is 0.431. The van der Waals surface area contributed by atoms with Crippen molar-refractivity contribution in [2.45, 2.75) is 6.92 Å². The van der Waals surface area contributed by atoms with E-state index in [9.17, 15) is 0 Å². The van der Waals surface area contributed by atoms with Crippen molar-refractivity contribution >= 4 is 21.7 Å². The molecule has 78 valence electrons. The zero-order chi connectivity index (χ0) is 11.0. The Labute approximate surface area is 95.5 Å². The fourth-order valence-corrected chi connectivity index (χ4v) is 1.44. The predicted octanol–water partition coefficient (Wildman–Crippen LogP) is 1.53. The zero-order valence-electron chi connectivity index (χ0n) is 8.40. The second-order valence-corrected chi connectivity index (χ2v) is 3.99. The van der Waals surface area contributed by atoms with E-state index in [2.05, 4.69) is 30.9 Å². The summed E-state index contributed by atoms with van der Waals surface area (Å²) >= 11 is 3.32. The van der Waals surface area contributed by atoms with Gasteiger partial charge in [-0.15, -0.1) is 0 Å². The third-order valence-corrected chi connectivity index (χ3v) is 3.04. The number of aryl methyl sites for hydroxylation is 2. The number of rotatable bonds is 1. The third kappa shape index (κ3) is 1.72. The van der Waals surface area contributed by atoms with Crippen molar-refractivity contribution in [1.29, 1.82) is 0 Å². The van der Waals surface area contributed by atoms with Crippen LogP contribution in [-0.2, 0) is 7.05 Å². The number of anilines is 1. The minimum Gasteiger partial charge on any atom is -0.383 e. The Morgan fingerprint density at radius 1 is 1.40 bits per heavy atom. The lowest BCUT2D eigenvalue weighted by atomic mass is 10.4. The molecule has 0 radical (unpaired) electrons. The topological polar surface area (TPSA) is 69.6 Å². The van der Waals surface area contributed by atoms with Gasteiger partial charge in [-0.3, -0.25) is 0 Å². The van der Waals surface area contributed by atoms with Crippen molar-refractivity contribution in [1.82, 2.24) is 19.5 Å². The van der Waals surface area contributed by atoms with Gasteiger partial charge in [0.25, 0.3) is 0 Å². The maximum Gasteiger partial charge on any atom is 0.198 e. The van der Waals surface area contributed by atoms with Crippen molar-refractivity contribution in [3.8, 4) is 11.6 Å². The molecular formula is C9H10BrN5. The van der Waals surface area contributed by atoms with Crippen LogP contribution in [0.15, 0.2) is 16.9 Å². The predicted molar refractivity (Wildman–Crippen MR) is 61.1 cm³/mol. The second kappa shape index (κ2) is 3.62. The molecule has 2 aromatic rings. The fourth-order valence-electron chi connectivity index (χ4n) is 1.26. The van der Waals surface area contributed by atoms with E-state index in [0.717, 1.165) is 10.2 Å². The van der Waals surface area contributed by atoms with Crippen molar-refractivity contribution in [3.05, 3.63) is 22.6 Å². The Morgan fingerprint density at radius 2 is 2.13 bits per heavy atom. The normalized spacial score (nSPS) is 10.6. The van der Waals surface area contributed by atoms with Gasteiger partial charge in [-0.2, -0.15) is 0 Å². The van der Waals surface area contributed by atoms with Crippen LogP contribution in [-0.4, -0.2) is 19.5 Å². The second-order valence-electron chi connectivity index (χ2n) is 3.19. The van der Waals surface area contributed by atoms with Gasteiger partial charge in [0, 0.05) is 19.4 Å². The summed E-state index contributed by atoms with van der Waals surface area (Å²) in [5.74, 6) is 1.68. The number of hydrogen-bond donors (Lipinski definition) is 1. The monoisotopic (exact) mass is 267 g/mol. The lowest BCUT2D eigenvalue weighted by Gasteiger charge is -2.05. The first-order valence-corrected chi connectivity index (χ1v) is 5.16. The highest BCUT2D eigenvalue weighted by molar-refractivity contribution is 9.10. The maximum atomic E-state index is 5.74. The molecule has 2 rings (SSSR count). The van der Waals surface area contributed by atoms with Gasteiger partial charge in [0.15, 0.2) is 11.6 Å². The summed E-state index contributed by atoms with van der Waals surface area (Å²) in [4.78, 5) is 12.7. The van der Waals surface area contributed by atoms with Gasteiger partial charge < -0.3 is 10.3 Å². The molecule has 5 nitrogen and oxygen atoms in total. The first-order chi connectivity index (χ1) is 7.09. The Bertz CT molecular complexity index is 482. The summed E-state index contributed by atoms with van der Waals surface area (Å²) in [6.07, 6.45) is 3.54. The van der Waals surface area contributed by atoms with Crippen LogP contribution in [0.2, 0.25) is 0 Å². The molecule has 0 atom stereocenters. The van der Waals surface area contributed by atoms with Crippen molar-refractivity contribution in [2.75, 3.05) is 5.73 Å². The molecule has 0 bridgehead atoms. The highest BCUT2D eigenvalue weighted by atomic mass is 79.9. The van der Waals surface area contributed by atoms with Gasteiger partial charge >= 0.3 is 0 Å². The number of aromatic nitrogens is 4. The highest BCUT2D eigenvalue weighted by Crippen LogP contribution is 2.23. The standard InChI is InChI=1S/C9H10BrN5/c1-5-6(10)7(11)14-8(13-5)9-12-3-4-15(9)2/h3-4H,1-2H3,(H2,11,13,14). The number of nitrogen functional groups attached to an aromatic ring is 1. The average Bonchev–Trinajstić information content (AvgIpc) is 2.60. The van der Waals surface area contributed by atoms with Crippen LogP contribution in [0, 0.1) is 6.92 Å².